The van der Waals surface area contributed by atoms with E-state index in [0.717, 1.165) is 18.9 Å². The van der Waals surface area contributed by atoms with Gasteiger partial charge in [-0.3, -0.25) is 0 Å². The van der Waals surface area contributed by atoms with E-state index in [9.17, 15) is 0 Å². The van der Waals surface area contributed by atoms with Gasteiger partial charge in [-0.15, -0.1) is 0 Å². The molecule has 0 amide bonds. The first kappa shape index (κ1) is 16.0. The first-order valence-corrected chi connectivity index (χ1v) is 7.49. The smallest absolute Gasteiger partial charge is 0.0598 e. The van der Waals surface area contributed by atoms with Gasteiger partial charge >= 0.3 is 0 Å². The van der Waals surface area contributed by atoms with E-state index in [-0.39, 0.29) is 5.60 Å². The maximum Gasteiger partial charge on any atom is 0.0598 e. The predicted molar refractivity (Wildman–Crippen MR) is 78.6 cm³/mol. The Labute approximate surface area is 114 Å². The molecule has 108 valence electrons. The van der Waals surface area contributed by atoms with E-state index < -0.39 is 0 Å². The Kier molecular flexibility index (Phi) is 5.25. The lowest BCUT2D eigenvalue weighted by atomic mass is 9.67. The van der Waals surface area contributed by atoms with Gasteiger partial charge in [-0.2, -0.15) is 0 Å². The number of nitrogens with two attached hydrogens (primary N) is 1. The van der Waals surface area contributed by atoms with Gasteiger partial charge in [-0.05, 0) is 63.7 Å². The third-order valence-electron chi connectivity index (χ3n) is 4.29. The van der Waals surface area contributed by atoms with E-state index >= 15 is 0 Å². The molecule has 0 radical (unpaired) electrons. The summed E-state index contributed by atoms with van der Waals surface area (Å²) in [7, 11) is 0. The summed E-state index contributed by atoms with van der Waals surface area (Å²) < 4.78 is 5.85. The van der Waals surface area contributed by atoms with Crippen molar-refractivity contribution in [3.05, 3.63) is 0 Å². The lowest BCUT2D eigenvalue weighted by Crippen LogP contribution is -2.40. The zero-order valence-corrected chi connectivity index (χ0v) is 13.3. The Balaban J connectivity index is 2.43. The third-order valence-corrected chi connectivity index (χ3v) is 4.29. The monoisotopic (exact) mass is 255 g/mol. The molecule has 0 bridgehead atoms. The number of rotatable bonds is 3. The van der Waals surface area contributed by atoms with Crippen molar-refractivity contribution in [2.24, 2.45) is 23.0 Å². The van der Waals surface area contributed by atoms with Crippen LogP contribution in [0, 0.1) is 17.3 Å². The molecule has 2 N–H and O–H groups in total. The molecule has 2 heteroatoms. The summed E-state index contributed by atoms with van der Waals surface area (Å²) in [6.45, 7) is 14.3. The van der Waals surface area contributed by atoms with Crippen LogP contribution in [0.3, 0.4) is 0 Å². The van der Waals surface area contributed by atoms with Crippen LogP contribution in [0.4, 0.5) is 0 Å². The minimum atomic E-state index is -0.0256. The molecule has 1 aliphatic carbocycles. The van der Waals surface area contributed by atoms with E-state index in [1.807, 2.05) is 0 Å². The van der Waals surface area contributed by atoms with Crippen LogP contribution in [0.15, 0.2) is 0 Å². The zero-order chi connectivity index (χ0) is 14.0. The summed E-state index contributed by atoms with van der Waals surface area (Å²) >= 11 is 0. The van der Waals surface area contributed by atoms with Crippen molar-refractivity contribution >= 4 is 0 Å². The molecule has 18 heavy (non-hydrogen) atoms. The summed E-state index contributed by atoms with van der Waals surface area (Å²) in [6.07, 6.45) is 4.87. The minimum Gasteiger partial charge on any atom is -0.376 e. The minimum absolute atomic E-state index is 0.0256. The summed E-state index contributed by atoms with van der Waals surface area (Å²) in [5, 5.41) is 0. The summed E-state index contributed by atoms with van der Waals surface area (Å²) in [5.41, 5.74) is 6.67. The molecule has 3 atom stereocenters. The Bertz CT molecular complexity index is 249. The second-order valence-corrected chi connectivity index (χ2v) is 8.05. The van der Waals surface area contributed by atoms with Gasteiger partial charge in [-0.1, -0.05) is 20.8 Å². The summed E-state index contributed by atoms with van der Waals surface area (Å²) in [4.78, 5) is 0. The molecule has 1 rings (SSSR count). The van der Waals surface area contributed by atoms with Crippen molar-refractivity contribution < 1.29 is 4.74 Å². The van der Waals surface area contributed by atoms with Crippen molar-refractivity contribution in [1.82, 2.24) is 0 Å². The quantitative estimate of drug-likeness (QED) is 0.828. The summed E-state index contributed by atoms with van der Waals surface area (Å²) in [5.74, 6) is 1.46. The predicted octanol–water partition coefficient (Wildman–Crippen LogP) is 3.98. The van der Waals surface area contributed by atoms with Crippen LogP contribution in [-0.4, -0.2) is 18.2 Å². The molecule has 2 nitrogen and oxygen atoms in total. The molecule has 1 fully saturated rings. The SMILES string of the molecule is CC(C)(C)OCCC1CC(C(C)(C)C)CCC1N. The van der Waals surface area contributed by atoms with Crippen molar-refractivity contribution in [2.75, 3.05) is 6.61 Å². The first-order valence-electron chi connectivity index (χ1n) is 7.49. The fraction of sp³-hybridized carbons (Fsp3) is 1.00. The topological polar surface area (TPSA) is 35.2 Å². The van der Waals surface area contributed by atoms with Crippen LogP contribution >= 0.6 is 0 Å². The van der Waals surface area contributed by atoms with Crippen molar-refractivity contribution in [2.45, 2.75) is 78.9 Å². The van der Waals surface area contributed by atoms with Gasteiger partial charge in [0.2, 0.25) is 0 Å². The lowest BCUT2D eigenvalue weighted by molar-refractivity contribution is -0.0159. The highest BCUT2D eigenvalue weighted by Crippen LogP contribution is 2.40. The number of hydrogen-bond acceptors (Lipinski definition) is 2. The van der Waals surface area contributed by atoms with E-state index in [0.29, 0.717) is 17.4 Å². The second kappa shape index (κ2) is 5.92. The zero-order valence-electron chi connectivity index (χ0n) is 13.3. The van der Waals surface area contributed by atoms with Gasteiger partial charge in [0, 0.05) is 12.6 Å². The van der Waals surface area contributed by atoms with Gasteiger partial charge in [-0.25, -0.2) is 0 Å². The average molecular weight is 255 g/mol. The highest BCUT2D eigenvalue weighted by molar-refractivity contribution is 4.87. The Morgan fingerprint density at radius 1 is 1.06 bits per heavy atom. The normalized spacial score (nSPS) is 30.5. The van der Waals surface area contributed by atoms with Crippen molar-refractivity contribution in [3.8, 4) is 0 Å². The van der Waals surface area contributed by atoms with E-state index in [4.69, 9.17) is 10.5 Å². The molecule has 1 aliphatic rings. The Hall–Kier alpha value is -0.0800. The van der Waals surface area contributed by atoms with Crippen LogP contribution in [0.5, 0.6) is 0 Å². The molecule has 0 heterocycles. The van der Waals surface area contributed by atoms with Gasteiger partial charge in [0.1, 0.15) is 0 Å². The molecule has 0 saturated heterocycles. The average Bonchev–Trinajstić information content (AvgIpc) is 2.17. The maximum absolute atomic E-state index is 6.28. The van der Waals surface area contributed by atoms with Gasteiger partial charge < -0.3 is 10.5 Å². The number of ether oxygens (including phenoxy) is 1. The van der Waals surface area contributed by atoms with Crippen molar-refractivity contribution in [1.29, 1.82) is 0 Å². The fourth-order valence-electron chi connectivity index (χ4n) is 2.92. The van der Waals surface area contributed by atoms with Crippen LogP contribution in [0.2, 0.25) is 0 Å². The first-order chi connectivity index (χ1) is 8.09. The maximum atomic E-state index is 6.28. The Morgan fingerprint density at radius 2 is 1.67 bits per heavy atom. The summed E-state index contributed by atoms with van der Waals surface area (Å²) in [6, 6.07) is 0.382. The number of hydrogen-bond donors (Lipinski definition) is 1. The molecule has 0 aromatic rings. The van der Waals surface area contributed by atoms with Crippen LogP contribution in [-0.2, 0) is 4.74 Å². The molecule has 1 saturated carbocycles. The second-order valence-electron chi connectivity index (χ2n) is 8.05. The molecule has 0 aromatic heterocycles. The van der Waals surface area contributed by atoms with E-state index in [1.165, 1.54) is 19.3 Å². The van der Waals surface area contributed by atoms with Gasteiger partial charge in [0.05, 0.1) is 5.60 Å². The highest BCUT2D eigenvalue weighted by Gasteiger charge is 2.34. The molecule has 0 spiro atoms. The third kappa shape index (κ3) is 5.27. The molecule has 3 unspecified atom stereocenters. The lowest BCUT2D eigenvalue weighted by Gasteiger charge is -2.41. The van der Waals surface area contributed by atoms with E-state index in [1.54, 1.807) is 0 Å². The van der Waals surface area contributed by atoms with Crippen LogP contribution < -0.4 is 5.73 Å². The van der Waals surface area contributed by atoms with Crippen molar-refractivity contribution in [3.63, 3.8) is 0 Å². The fourth-order valence-corrected chi connectivity index (χ4v) is 2.92. The van der Waals surface area contributed by atoms with Crippen LogP contribution in [0.25, 0.3) is 0 Å². The molecule has 0 aromatic carbocycles. The van der Waals surface area contributed by atoms with Gasteiger partial charge in [0.25, 0.3) is 0 Å². The van der Waals surface area contributed by atoms with Crippen LogP contribution in [0.1, 0.15) is 67.2 Å². The standard InChI is InChI=1S/C16H33NO/c1-15(2,3)13-7-8-14(17)12(11-13)9-10-18-16(4,5)6/h12-14H,7-11,17H2,1-6H3. The molecular weight excluding hydrogens is 222 g/mol. The largest absolute Gasteiger partial charge is 0.376 e. The highest BCUT2D eigenvalue weighted by atomic mass is 16.5. The van der Waals surface area contributed by atoms with E-state index in [2.05, 4.69) is 41.5 Å². The van der Waals surface area contributed by atoms with Gasteiger partial charge in [0.15, 0.2) is 0 Å². The molecular formula is C16H33NO. The Morgan fingerprint density at radius 3 is 2.17 bits per heavy atom. The molecule has 0 aliphatic heterocycles.